The van der Waals surface area contributed by atoms with E-state index in [0.717, 1.165) is 13.0 Å². The lowest BCUT2D eigenvalue weighted by Crippen LogP contribution is -2.61. The van der Waals surface area contributed by atoms with Crippen LogP contribution in [0.4, 0.5) is 0 Å². The molecule has 0 aromatic rings. The van der Waals surface area contributed by atoms with Crippen LogP contribution < -0.4 is 5.32 Å². The van der Waals surface area contributed by atoms with Crippen molar-refractivity contribution >= 4 is 0 Å². The highest BCUT2D eigenvalue weighted by Crippen LogP contribution is 2.42. The van der Waals surface area contributed by atoms with Gasteiger partial charge < -0.3 is 15.2 Å². The van der Waals surface area contributed by atoms with Crippen molar-refractivity contribution in [2.45, 2.75) is 52.4 Å². The molecular formula is C11H23NO2. The fraction of sp³-hybridized carbons (Fsp3) is 1.00. The van der Waals surface area contributed by atoms with Crippen molar-refractivity contribution in [2.24, 2.45) is 5.41 Å². The minimum Gasteiger partial charge on any atom is -0.392 e. The van der Waals surface area contributed by atoms with E-state index in [0.29, 0.717) is 18.7 Å². The lowest BCUT2D eigenvalue weighted by atomic mass is 9.64. The molecule has 3 atom stereocenters. The zero-order chi connectivity index (χ0) is 10.8. The lowest BCUT2D eigenvalue weighted by molar-refractivity contribution is -0.115. The zero-order valence-corrected chi connectivity index (χ0v) is 9.71. The summed E-state index contributed by atoms with van der Waals surface area (Å²) >= 11 is 0. The Hall–Kier alpha value is -0.120. The highest BCUT2D eigenvalue weighted by molar-refractivity contribution is 5.02. The van der Waals surface area contributed by atoms with Gasteiger partial charge in [0.25, 0.3) is 0 Å². The first-order valence-corrected chi connectivity index (χ1v) is 5.51. The average molecular weight is 201 g/mol. The van der Waals surface area contributed by atoms with Gasteiger partial charge in [-0.25, -0.2) is 0 Å². The van der Waals surface area contributed by atoms with Crippen molar-refractivity contribution in [1.82, 2.24) is 5.32 Å². The van der Waals surface area contributed by atoms with Crippen LogP contribution in [-0.4, -0.2) is 36.5 Å². The first kappa shape index (κ1) is 12.0. The van der Waals surface area contributed by atoms with Crippen LogP contribution in [0.25, 0.3) is 0 Å². The van der Waals surface area contributed by atoms with Crippen LogP contribution in [0.5, 0.6) is 0 Å². The van der Waals surface area contributed by atoms with Gasteiger partial charge in [0, 0.05) is 24.6 Å². The Morgan fingerprint density at radius 2 is 2.21 bits per heavy atom. The maximum Gasteiger partial charge on any atom is 0.0655 e. The second-order valence-corrected chi connectivity index (χ2v) is 4.81. The van der Waals surface area contributed by atoms with Crippen molar-refractivity contribution in [2.75, 3.05) is 13.2 Å². The first-order valence-electron chi connectivity index (χ1n) is 5.51. The smallest absolute Gasteiger partial charge is 0.0655 e. The SMILES string of the molecule is CCOC1CC(NCC(C)O)C1(C)C. The van der Waals surface area contributed by atoms with E-state index >= 15 is 0 Å². The molecule has 84 valence electrons. The molecule has 0 heterocycles. The summed E-state index contributed by atoms with van der Waals surface area (Å²) in [7, 11) is 0. The number of hydrogen-bond donors (Lipinski definition) is 2. The van der Waals surface area contributed by atoms with Crippen LogP contribution in [0.15, 0.2) is 0 Å². The molecule has 0 aliphatic heterocycles. The standard InChI is InChI=1S/C11H23NO2/c1-5-14-10-6-9(11(10,3)4)12-7-8(2)13/h8-10,12-13H,5-7H2,1-4H3. The molecule has 0 radical (unpaired) electrons. The number of aliphatic hydroxyl groups is 1. The molecule has 1 aliphatic rings. The Balaban J connectivity index is 2.31. The van der Waals surface area contributed by atoms with Gasteiger partial charge in [-0.05, 0) is 20.3 Å². The average Bonchev–Trinajstić information content (AvgIpc) is 2.09. The number of aliphatic hydroxyl groups excluding tert-OH is 1. The third kappa shape index (κ3) is 2.47. The monoisotopic (exact) mass is 201 g/mol. The fourth-order valence-corrected chi connectivity index (χ4v) is 2.03. The minimum absolute atomic E-state index is 0.199. The molecule has 14 heavy (non-hydrogen) atoms. The summed E-state index contributed by atoms with van der Waals surface area (Å²) in [6, 6.07) is 0.480. The number of rotatable bonds is 5. The fourth-order valence-electron chi connectivity index (χ4n) is 2.03. The maximum absolute atomic E-state index is 9.17. The molecule has 1 rings (SSSR count). The van der Waals surface area contributed by atoms with Crippen LogP contribution in [0.1, 0.15) is 34.1 Å². The molecule has 0 spiro atoms. The summed E-state index contributed by atoms with van der Waals surface area (Å²) in [6.45, 7) is 9.74. The van der Waals surface area contributed by atoms with Crippen LogP contribution in [-0.2, 0) is 4.74 Å². The molecule has 0 aromatic heterocycles. The maximum atomic E-state index is 9.17. The molecule has 0 aromatic carbocycles. The van der Waals surface area contributed by atoms with Gasteiger partial charge in [0.15, 0.2) is 0 Å². The summed E-state index contributed by atoms with van der Waals surface area (Å²) in [4.78, 5) is 0. The van der Waals surface area contributed by atoms with Gasteiger partial charge in [-0.2, -0.15) is 0 Å². The van der Waals surface area contributed by atoms with Crippen LogP contribution in [0.3, 0.4) is 0 Å². The van der Waals surface area contributed by atoms with E-state index in [-0.39, 0.29) is 11.5 Å². The second kappa shape index (κ2) is 4.60. The number of hydrogen-bond acceptors (Lipinski definition) is 3. The predicted molar refractivity (Wildman–Crippen MR) is 57.3 cm³/mol. The topological polar surface area (TPSA) is 41.5 Å². The van der Waals surface area contributed by atoms with Gasteiger partial charge in [-0.1, -0.05) is 13.8 Å². The van der Waals surface area contributed by atoms with E-state index in [1.54, 1.807) is 6.92 Å². The predicted octanol–water partition coefficient (Wildman–Crippen LogP) is 1.16. The summed E-state index contributed by atoms with van der Waals surface area (Å²) in [6.07, 6.45) is 1.17. The Bertz CT molecular complexity index is 180. The molecule has 0 bridgehead atoms. The molecule has 2 N–H and O–H groups in total. The van der Waals surface area contributed by atoms with Crippen molar-refractivity contribution < 1.29 is 9.84 Å². The van der Waals surface area contributed by atoms with E-state index in [2.05, 4.69) is 19.2 Å². The number of ether oxygens (including phenoxy) is 1. The Morgan fingerprint density at radius 1 is 1.57 bits per heavy atom. The van der Waals surface area contributed by atoms with E-state index in [9.17, 15) is 0 Å². The normalized spacial score (nSPS) is 32.4. The summed E-state index contributed by atoms with van der Waals surface area (Å²) < 4.78 is 5.63. The molecule has 1 fully saturated rings. The van der Waals surface area contributed by atoms with E-state index in [1.807, 2.05) is 6.92 Å². The zero-order valence-electron chi connectivity index (χ0n) is 9.71. The van der Waals surface area contributed by atoms with Gasteiger partial charge >= 0.3 is 0 Å². The van der Waals surface area contributed by atoms with Gasteiger partial charge in [0.1, 0.15) is 0 Å². The quantitative estimate of drug-likeness (QED) is 0.701. The Morgan fingerprint density at radius 3 is 2.64 bits per heavy atom. The minimum atomic E-state index is -0.267. The van der Waals surface area contributed by atoms with Crippen molar-refractivity contribution in [3.05, 3.63) is 0 Å². The molecule has 1 saturated carbocycles. The third-order valence-corrected chi connectivity index (χ3v) is 3.21. The largest absolute Gasteiger partial charge is 0.392 e. The lowest BCUT2D eigenvalue weighted by Gasteiger charge is -2.52. The molecule has 1 aliphatic carbocycles. The van der Waals surface area contributed by atoms with Gasteiger partial charge in [-0.3, -0.25) is 0 Å². The summed E-state index contributed by atoms with van der Waals surface area (Å²) in [5, 5.41) is 12.5. The van der Waals surface area contributed by atoms with E-state index in [1.165, 1.54) is 0 Å². The Kier molecular flexibility index (Phi) is 3.93. The van der Waals surface area contributed by atoms with Crippen LogP contribution >= 0.6 is 0 Å². The molecule has 0 amide bonds. The van der Waals surface area contributed by atoms with Crippen LogP contribution in [0, 0.1) is 5.41 Å². The van der Waals surface area contributed by atoms with E-state index < -0.39 is 0 Å². The van der Waals surface area contributed by atoms with Crippen LogP contribution in [0.2, 0.25) is 0 Å². The van der Waals surface area contributed by atoms with Gasteiger partial charge in [0.2, 0.25) is 0 Å². The summed E-state index contributed by atoms with van der Waals surface area (Å²) in [5.41, 5.74) is 0.199. The highest BCUT2D eigenvalue weighted by atomic mass is 16.5. The molecule has 0 saturated heterocycles. The molecular weight excluding hydrogens is 178 g/mol. The van der Waals surface area contributed by atoms with Crippen molar-refractivity contribution in [3.63, 3.8) is 0 Å². The summed E-state index contributed by atoms with van der Waals surface area (Å²) in [5.74, 6) is 0. The van der Waals surface area contributed by atoms with Gasteiger partial charge in [-0.15, -0.1) is 0 Å². The van der Waals surface area contributed by atoms with Crippen molar-refractivity contribution in [3.8, 4) is 0 Å². The molecule has 3 unspecified atom stereocenters. The molecule has 3 nitrogen and oxygen atoms in total. The van der Waals surface area contributed by atoms with Gasteiger partial charge in [0.05, 0.1) is 12.2 Å². The van der Waals surface area contributed by atoms with Crippen molar-refractivity contribution in [1.29, 1.82) is 0 Å². The number of nitrogens with one attached hydrogen (secondary N) is 1. The first-order chi connectivity index (χ1) is 6.48. The Labute approximate surface area is 86.8 Å². The second-order valence-electron chi connectivity index (χ2n) is 4.81. The van der Waals surface area contributed by atoms with E-state index in [4.69, 9.17) is 9.84 Å². The third-order valence-electron chi connectivity index (χ3n) is 3.21. The molecule has 3 heteroatoms. The highest BCUT2D eigenvalue weighted by Gasteiger charge is 2.48.